The molecule has 0 radical (unpaired) electrons. The lowest BCUT2D eigenvalue weighted by Gasteiger charge is -2.13. The molecule has 1 unspecified atom stereocenters. The van der Waals surface area contributed by atoms with Gasteiger partial charge in [-0.3, -0.25) is 0 Å². The molecule has 0 saturated heterocycles. The molecule has 0 aliphatic rings. The summed E-state index contributed by atoms with van der Waals surface area (Å²) in [6.45, 7) is 5.24. The molecule has 19 heavy (non-hydrogen) atoms. The molecule has 0 amide bonds. The maximum Gasteiger partial charge on any atom is 0.241 e. The Morgan fingerprint density at radius 2 is 2.16 bits per heavy atom. The number of thiophene rings is 1. The molecule has 0 aromatic carbocycles. The SMILES string of the molecule is CNCc1scc(C)c1S(=O)(=O)NCC(C)COC. The molecule has 1 atom stereocenters. The predicted molar refractivity (Wildman–Crippen MR) is 78.0 cm³/mol. The lowest BCUT2D eigenvalue weighted by Crippen LogP contribution is -2.31. The molecular weight excluding hydrogens is 284 g/mol. The Labute approximate surface area is 119 Å². The van der Waals surface area contributed by atoms with Crippen LogP contribution in [0.2, 0.25) is 0 Å². The van der Waals surface area contributed by atoms with Gasteiger partial charge >= 0.3 is 0 Å². The topological polar surface area (TPSA) is 67.4 Å². The largest absolute Gasteiger partial charge is 0.384 e. The zero-order chi connectivity index (χ0) is 14.5. The van der Waals surface area contributed by atoms with E-state index in [4.69, 9.17) is 4.74 Å². The van der Waals surface area contributed by atoms with E-state index in [2.05, 4.69) is 10.0 Å². The second kappa shape index (κ2) is 7.35. The van der Waals surface area contributed by atoms with Gasteiger partial charge in [0, 0.05) is 31.7 Å². The maximum atomic E-state index is 12.3. The first-order valence-electron chi connectivity index (χ1n) is 6.12. The number of methoxy groups -OCH3 is 1. The zero-order valence-electron chi connectivity index (χ0n) is 11.8. The second-order valence-corrected chi connectivity index (χ2v) is 7.28. The van der Waals surface area contributed by atoms with Gasteiger partial charge < -0.3 is 10.1 Å². The van der Waals surface area contributed by atoms with Crippen molar-refractivity contribution in [1.29, 1.82) is 0 Å². The van der Waals surface area contributed by atoms with Crippen molar-refractivity contribution in [2.75, 3.05) is 27.3 Å². The summed E-state index contributed by atoms with van der Waals surface area (Å²) in [4.78, 5) is 1.25. The summed E-state index contributed by atoms with van der Waals surface area (Å²) in [6.07, 6.45) is 0. The van der Waals surface area contributed by atoms with Gasteiger partial charge in [0.1, 0.15) is 4.90 Å². The number of rotatable bonds is 8. The molecule has 0 aliphatic heterocycles. The molecule has 0 fully saturated rings. The highest BCUT2D eigenvalue weighted by molar-refractivity contribution is 7.89. The minimum Gasteiger partial charge on any atom is -0.384 e. The summed E-state index contributed by atoms with van der Waals surface area (Å²) in [7, 11) is -0.0337. The Morgan fingerprint density at radius 1 is 1.47 bits per heavy atom. The Kier molecular flexibility index (Phi) is 6.41. The molecular formula is C12H22N2O3S2. The van der Waals surface area contributed by atoms with Crippen molar-refractivity contribution < 1.29 is 13.2 Å². The van der Waals surface area contributed by atoms with Crippen LogP contribution in [0.15, 0.2) is 10.3 Å². The third-order valence-electron chi connectivity index (χ3n) is 2.67. The van der Waals surface area contributed by atoms with Gasteiger partial charge in [-0.15, -0.1) is 11.3 Å². The average Bonchev–Trinajstić information content (AvgIpc) is 2.70. The van der Waals surface area contributed by atoms with Gasteiger partial charge in [0.15, 0.2) is 0 Å². The van der Waals surface area contributed by atoms with E-state index in [0.29, 0.717) is 24.6 Å². The molecule has 1 aromatic heterocycles. The predicted octanol–water partition coefficient (Wildman–Crippen LogP) is 1.34. The van der Waals surface area contributed by atoms with Gasteiger partial charge in [0.2, 0.25) is 10.0 Å². The fourth-order valence-electron chi connectivity index (χ4n) is 1.80. The summed E-state index contributed by atoms with van der Waals surface area (Å²) < 4.78 is 32.4. The Morgan fingerprint density at radius 3 is 2.74 bits per heavy atom. The van der Waals surface area contributed by atoms with Gasteiger partial charge in [-0.25, -0.2) is 13.1 Å². The molecule has 0 spiro atoms. The first-order chi connectivity index (χ1) is 8.92. The van der Waals surface area contributed by atoms with Gasteiger partial charge in [-0.1, -0.05) is 6.92 Å². The molecule has 1 heterocycles. The van der Waals surface area contributed by atoms with Crippen LogP contribution >= 0.6 is 11.3 Å². The lowest BCUT2D eigenvalue weighted by molar-refractivity contribution is 0.161. The van der Waals surface area contributed by atoms with Gasteiger partial charge in [0.25, 0.3) is 0 Å². The molecule has 110 valence electrons. The van der Waals surface area contributed by atoms with Crippen molar-refractivity contribution >= 4 is 21.4 Å². The third-order valence-corrected chi connectivity index (χ3v) is 5.55. The molecule has 1 aromatic rings. The second-order valence-electron chi connectivity index (χ2n) is 4.61. The van der Waals surface area contributed by atoms with Gasteiger partial charge in [-0.05, 0) is 30.8 Å². The number of aryl methyl sites for hydroxylation is 1. The molecule has 1 rings (SSSR count). The number of nitrogens with one attached hydrogen (secondary N) is 2. The van der Waals surface area contributed by atoms with Crippen molar-refractivity contribution in [1.82, 2.24) is 10.0 Å². The molecule has 0 aliphatic carbocycles. The minimum atomic E-state index is -3.45. The van der Waals surface area contributed by atoms with Crippen LogP contribution < -0.4 is 10.0 Å². The van der Waals surface area contributed by atoms with Crippen LogP contribution in [0.1, 0.15) is 17.4 Å². The van der Waals surface area contributed by atoms with E-state index < -0.39 is 10.0 Å². The highest BCUT2D eigenvalue weighted by atomic mass is 32.2. The number of hydrogen-bond donors (Lipinski definition) is 2. The fourth-order valence-corrected chi connectivity index (χ4v) is 4.78. The highest BCUT2D eigenvalue weighted by Crippen LogP contribution is 2.26. The van der Waals surface area contributed by atoms with Crippen LogP contribution in [-0.4, -0.2) is 35.7 Å². The first-order valence-corrected chi connectivity index (χ1v) is 8.48. The number of hydrogen-bond acceptors (Lipinski definition) is 5. The summed E-state index contributed by atoms with van der Waals surface area (Å²) in [5.74, 6) is 0.145. The Bertz CT molecular complexity index is 497. The van der Waals surface area contributed by atoms with E-state index >= 15 is 0 Å². The Hall–Kier alpha value is -0.470. The van der Waals surface area contributed by atoms with E-state index in [9.17, 15) is 8.42 Å². The van der Waals surface area contributed by atoms with Crippen molar-refractivity contribution in [3.8, 4) is 0 Å². The molecule has 0 bridgehead atoms. The molecule has 7 heteroatoms. The number of sulfonamides is 1. The highest BCUT2D eigenvalue weighted by Gasteiger charge is 2.22. The summed E-state index contributed by atoms with van der Waals surface area (Å²) in [5, 5.41) is 4.87. The molecule has 0 saturated carbocycles. The van der Waals surface area contributed by atoms with Crippen molar-refractivity contribution in [3.63, 3.8) is 0 Å². The van der Waals surface area contributed by atoms with Crippen molar-refractivity contribution in [2.45, 2.75) is 25.3 Å². The van der Waals surface area contributed by atoms with Crippen molar-refractivity contribution in [2.24, 2.45) is 5.92 Å². The van der Waals surface area contributed by atoms with Gasteiger partial charge in [-0.2, -0.15) is 0 Å². The normalized spacial score (nSPS) is 13.7. The van der Waals surface area contributed by atoms with Gasteiger partial charge in [0.05, 0.1) is 0 Å². The summed E-state index contributed by atoms with van der Waals surface area (Å²) in [5.41, 5.74) is 0.794. The molecule has 2 N–H and O–H groups in total. The Balaban J connectivity index is 2.85. The van der Waals surface area contributed by atoms with E-state index in [1.54, 1.807) is 14.2 Å². The van der Waals surface area contributed by atoms with Crippen LogP contribution in [0.4, 0.5) is 0 Å². The van der Waals surface area contributed by atoms with Crippen LogP contribution in [0.25, 0.3) is 0 Å². The lowest BCUT2D eigenvalue weighted by atomic mass is 10.2. The van der Waals surface area contributed by atoms with Crippen LogP contribution in [0.3, 0.4) is 0 Å². The van der Waals surface area contributed by atoms with E-state index in [-0.39, 0.29) is 5.92 Å². The van der Waals surface area contributed by atoms with Crippen LogP contribution in [0, 0.1) is 12.8 Å². The average molecular weight is 306 g/mol. The van der Waals surface area contributed by atoms with E-state index in [1.165, 1.54) is 11.3 Å². The standard InChI is InChI=1S/C12H22N2O3S2/c1-9(7-17-4)5-14-19(15,16)12-10(2)8-18-11(12)6-13-3/h8-9,13-14H,5-7H2,1-4H3. The van der Waals surface area contributed by atoms with Crippen LogP contribution in [0.5, 0.6) is 0 Å². The van der Waals surface area contributed by atoms with Crippen LogP contribution in [-0.2, 0) is 21.3 Å². The summed E-state index contributed by atoms with van der Waals surface area (Å²) >= 11 is 1.47. The number of ether oxygens (including phenoxy) is 1. The van der Waals surface area contributed by atoms with E-state index in [1.807, 2.05) is 19.2 Å². The maximum absolute atomic E-state index is 12.3. The van der Waals surface area contributed by atoms with E-state index in [0.717, 1.165) is 10.4 Å². The molecule has 5 nitrogen and oxygen atoms in total. The third kappa shape index (κ3) is 4.54. The smallest absolute Gasteiger partial charge is 0.241 e. The quantitative estimate of drug-likeness (QED) is 0.760. The first kappa shape index (κ1) is 16.6. The minimum absolute atomic E-state index is 0.145. The summed E-state index contributed by atoms with van der Waals surface area (Å²) in [6, 6.07) is 0. The zero-order valence-corrected chi connectivity index (χ0v) is 13.5. The monoisotopic (exact) mass is 306 g/mol. The fraction of sp³-hybridized carbons (Fsp3) is 0.667. The van der Waals surface area contributed by atoms with Crippen molar-refractivity contribution in [3.05, 3.63) is 15.8 Å².